The van der Waals surface area contributed by atoms with Gasteiger partial charge in [0.25, 0.3) is 0 Å². The van der Waals surface area contributed by atoms with Crippen LogP contribution >= 0.6 is 11.6 Å². The second kappa shape index (κ2) is 6.12. The third kappa shape index (κ3) is 4.44. The van der Waals surface area contributed by atoms with Crippen molar-refractivity contribution in [3.8, 4) is 0 Å². The lowest BCUT2D eigenvalue weighted by Crippen LogP contribution is -2.18. The van der Waals surface area contributed by atoms with E-state index in [1.54, 1.807) is 6.07 Å². The Kier molecular flexibility index (Phi) is 5.08. The zero-order chi connectivity index (χ0) is 13.0. The van der Waals surface area contributed by atoms with Gasteiger partial charge in [0.05, 0.1) is 10.9 Å². The van der Waals surface area contributed by atoms with Crippen molar-refractivity contribution in [3.05, 3.63) is 34.6 Å². The van der Waals surface area contributed by atoms with Crippen molar-refractivity contribution in [2.45, 2.75) is 12.7 Å². The summed E-state index contributed by atoms with van der Waals surface area (Å²) in [7, 11) is -1.33. The highest BCUT2D eigenvalue weighted by atomic mass is 35.5. The molecule has 1 rings (SSSR count). The molecule has 0 saturated heterocycles. The van der Waals surface area contributed by atoms with E-state index in [0.717, 1.165) is 0 Å². The molecule has 17 heavy (non-hydrogen) atoms. The molecule has 2 unspecified atom stereocenters. The maximum Gasteiger partial charge on any atom is 0.307 e. The third-order valence-electron chi connectivity index (χ3n) is 2.17. The Bertz CT molecular complexity index is 450. The Balaban J connectivity index is 2.62. The molecular weight excluding hydrogens is 267 g/mol. The number of hydrogen-bond acceptors (Lipinski definition) is 2. The summed E-state index contributed by atoms with van der Waals surface area (Å²) in [5.74, 6) is -2.04. The molecule has 0 aromatic heterocycles. The minimum Gasteiger partial charge on any atom is -0.481 e. The van der Waals surface area contributed by atoms with E-state index in [1.165, 1.54) is 19.1 Å². The lowest BCUT2D eigenvalue weighted by molar-refractivity contribution is -0.140. The molecule has 0 heterocycles. The second-order valence-corrected chi connectivity index (χ2v) is 5.65. The number of benzene rings is 1. The maximum atomic E-state index is 13.1. The van der Waals surface area contributed by atoms with Crippen molar-refractivity contribution >= 4 is 28.4 Å². The van der Waals surface area contributed by atoms with Crippen LogP contribution in [-0.2, 0) is 21.3 Å². The first-order valence-electron chi connectivity index (χ1n) is 4.92. The predicted molar refractivity (Wildman–Crippen MR) is 64.9 cm³/mol. The average molecular weight is 279 g/mol. The molecule has 0 saturated carbocycles. The van der Waals surface area contributed by atoms with Crippen LogP contribution in [0.2, 0.25) is 5.02 Å². The highest BCUT2D eigenvalue weighted by Gasteiger charge is 2.15. The molecule has 0 radical (unpaired) electrons. The van der Waals surface area contributed by atoms with Gasteiger partial charge in [-0.1, -0.05) is 24.6 Å². The van der Waals surface area contributed by atoms with Gasteiger partial charge in [-0.2, -0.15) is 0 Å². The standard InChI is InChI=1S/C11H12ClFO3S/c1-7(11(14)15)5-17(16)6-8-2-3-9(12)10(13)4-8/h2-4,7H,5-6H2,1H3,(H,14,15). The lowest BCUT2D eigenvalue weighted by atomic mass is 10.2. The Morgan fingerprint density at radius 3 is 2.76 bits per heavy atom. The zero-order valence-corrected chi connectivity index (χ0v) is 10.7. The summed E-state index contributed by atoms with van der Waals surface area (Å²) in [6, 6.07) is 4.18. The van der Waals surface area contributed by atoms with Crippen molar-refractivity contribution in [2.24, 2.45) is 5.92 Å². The summed E-state index contributed by atoms with van der Waals surface area (Å²) in [6.07, 6.45) is 0. The molecule has 0 aliphatic carbocycles. The number of carboxylic acids is 1. The predicted octanol–water partition coefficient (Wildman–Crippen LogP) is 2.45. The molecular formula is C11H12ClFO3S. The monoisotopic (exact) mass is 278 g/mol. The molecule has 1 aromatic rings. The zero-order valence-electron chi connectivity index (χ0n) is 9.15. The van der Waals surface area contributed by atoms with E-state index in [1.807, 2.05) is 0 Å². The number of rotatable bonds is 5. The smallest absolute Gasteiger partial charge is 0.307 e. The number of halogens is 2. The van der Waals surface area contributed by atoms with Gasteiger partial charge in [-0.25, -0.2) is 4.39 Å². The summed E-state index contributed by atoms with van der Waals surface area (Å²) < 4.78 is 24.7. The minimum absolute atomic E-state index is 0.0124. The van der Waals surface area contributed by atoms with Gasteiger partial charge in [0.2, 0.25) is 0 Å². The molecule has 0 aliphatic heterocycles. The molecule has 0 bridgehead atoms. The Morgan fingerprint density at radius 2 is 2.24 bits per heavy atom. The molecule has 6 heteroatoms. The van der Waals surface area contributed by atoms with Gasteiger partial charge >= 0.3 is 5.97 Å². The van der Waals surface area contributed by atoms with Gasteiger partial charge in [0, 0.05) is 22.3 Å². The van der Waals surface area contributed by atoms with Crippen LogP contribution in [0.1, 0.15) is 12.5 Å². The first-order chi connectivity index (χ1) is 7.90. The van der Waals surface area contributed by atoms with E-state index < -0.39 is 28.5 Å². The quantitative estimate of drug-likeness (QED) is 0.900. The lowest BCUT2D eigenvalue weighted by Gasteiger charge is -2.06. The van der Waals surface area contributed by atoms with Gasteiger partial charge in [0.1, 0.15) is 5.82 Å². The normalized spacial score (nSPS) is 14.3. The maximum absolute atomic E-state index is 13.1. The van der Waals surface area contributed by atoms with Crippen molar-refractivity contribution in [1.82, 2.24) is 0 Å². The van der Waals surface area contributed by atoms with Crippen molar-refractivity contribution < 1.29 is 18.5 Å². The molecule has 3 nitrogen and oxygen atoms in total. The fourth-order valence-electron chi connectivity index (χ4n) is 1.22. The molecule has 0 spiro atoms. The highest BCUT2D eigenvalue weighted by Crippen LogP contribution is 2.17. The van der Waals surface area contributed by atoms with Crippen molar-refractivity contribution in [3.63, 3.8) is 0 Å². The van der Waals surface area contributed by atoms with Crippen LogP contribution in [0, 0.1) is 11.7 Å². The van der Waals surface area contributed by atoms with Crippen LogP contribution in [-0.4, -0.2) is 21.0 Å². The van der Waals surface area contributed by atoms with Crippen LogP contribution in [0.25, 0.3) is 0 Å². The molecule has 94 valence electrons. The summed E-state index contributed by atoms with van der Waals surface area (Å²) in [5.41, 5.74) is 0.544. The van der Waals surface area contributed by atoms with Gasteiger partial charge in [-0.05, 0) is 17.7 Å². The van der Waals surface area contributed by atoms with Crippen LogP contribution < -0.4 is 0 Å². The number of hydrogen-bond donors (Lipinski definition) is 1. The topological polar surface area (TPSA) is 54.4 Å². The van der Waals surface area contributed by atoms with E-state index in [9.17, 15) is 13.4 Å². The average Bonchev–Trinajstić information content (AvgIpc) is 2.23. The first-order valence-corrected chi connectivity index (χ1v) is 6.78. The molecule has 0 aliphatic rings. The van der Waals surface area contributed by atoms with Crippen molar-refractivity contribution in [2.75, 3.05) is 5.75 Å². The Labute approximate surface area is 106 Å². The second-order valence-electron chi connectivity index (χ2n) is 3.74. The van der Waals surface area contributed by atoms with E-state index in [2.05, 4.69) is 0 Å². The Morgan fingerprint density at radius 1 is 1.59 bits per heavy atom. The SMILES string of the molecule is CC(CS(=O)Cc1ccc(Cl)c(F)c1)C(=O)O. The number of carboxylic acid groups (broad SMARTS) is 1. The third-order valence-corrected chi connectivity index (χ3v) is 4.00. The van der Waals surface area contributed by atoms with E-state index in [0.29, 0.717) is 5.56 Å². The molecule has 1 N–H and O–H groups in total. The molecule has 1 aromatic carbocycles. The van der Waals surface area contributed by atoms with E-state index >= 15 is 0 Å². The number of carbonyl (C=O) groups is 1. The van der Waals surface area contributed by atoms with E-state index in [4.69, 9.17) is 16.7 Å². The van der Waals surface area contributed by atoms with Crippen molar-refractivity contribution in [1.29, 1.82) is 0 Å². The van der Waals surface area contributed by atoms with Gasteiger partial charge in [0.15, 0.2) is 0 Å². The van der Waals surface area contributed by atoms with Crippen LogP contribution in [0.4, 0.5) is 4.39 Å². The molecule has 0 amide bonds. The fraction of sp³-hybridized carbons (Fsp3) is 0.364. The summed E-state index contributed by atoms with van der Waals surface area (Å²) >= 11 is 5.51. The highest BCUT2D eigenvalue weighted by molar-refractivity contribution is 7.84. The van der Waals surface area contributed by atoms with Gasteiger partial charge < -0.3 is 5.11 Å². The largest absolute Gasteiger partial charge is 0.481 e. The summed E-state index contributed by atoms with van der Waals surface area (Å²) in [4.78, 5) is 10.6. The van der Waals surface area contributed by atoms with Crippen LogP contribution in [0.3, 0.4) is 0 Å². The fourth-order valence-corrected chi connectivity index (χ4v) is 2.71. The minimum atomic E-state index is -1.33. The summed E-state index contributed by atoms with van der Waals surface area (Å²) in [5, 5.41) is 8.68. The Hall–Kier alpha value is -0.940. The first kappa shape index (κ1) is 14.1. The van der Waals surface area contributed by atoms with E-state index in [-0.39, 0.29) is 16.5 Å². The van der Waals surface area contributed by atoms with Gasteiger partial charge in [-0.3, -0.25) is 9.00 Å². The van der Waals surface area contributed by atoms with Gasteiger partial charge in [-0.15, -0.1) is 0 Å². The number of aliphatic carboxylic acids is 1. The van der Waals surface area contributed by atoms with Crippen LogP contribution in [0.15, 0.2) is 18.2 Å². The summed E-state index contributed by atoms with van der Waals surface area (Å²) in [6.45, 7) is 1.49. The molecule has 0 fully saturated rings. The molecule has 2 atom stereocenters. The van der Waals surface area contributed by atoms with Crippen LogP contribution in [0.5, 0.6) is 0 Å².